The molecule has 0 spiro atoms. The molecular formula is C19H22N4O5S. The molecule has 0 radical (unpaired) electrons. The maximum atomic E-state index is 12.0. The van der Waals surface area contributed by atoms with Crippen LogP contribution in [0.15, 0.2) is 59.5 Å². The van der Waals surface area contributed by atoms with E-state index < -0.39 is 28.4 Å². The van der Waals surface area contributed by atoms with E-state index >= 15 is 0 Å². The highest BCUT2D eigenvalue weighted by atomic mass is 32.2. The second-order valence-corrected chi connectivity index (χ2v) is 7.82. The van der Waals surface area contributed by atoms with Crippen molar-refractivity contribution in [1.82, 2.24) is 20.9 Å². The minimum atomic E-state index is -3.82. The number of hydrazine groups is 1. The van der Waals surface area contributed by atoms with Crippen LogP contribution in [0.4, 0.5) is 0 Å². The molecule has 10 heteroatoms. The summed E-state index contributed by atoms with van der Waals surface area (Å²) < 4.78 is 26.1. The Bertz CT molecular complexity index is 977. The average molecular weight is 418 g/mol. The third-order valence-electron chi connectivity index (χ3n) is 3.84. The Hall–Kier alpha value is -3.24. The van der Waals surface area contributed by atoms with Gasteiger partial charge in [0.1, 0.15) is 0 Å². The first-order valence-corrected chi connectivity index (χ1v) is 10.2. The zero-order valence-electron chi connectivity index (χ0n) is 15.8. The topological polar surface area (TPSA) is 133 Å². The molecule has 2 aromatic rings. The molecule has 0 atom stereocenters. The van der Waals surface area contributed by atoms with E-state index in [1.54, 1.807) is 30.3 Å². The van der Waals surface area contributed by atoms with Crippen molar-refractivity contribution in [2.75, 3.05) is 13.1 Å². The fourth-order valence-electron chi connectivity index (χ4n) is 2.30. The lowest BCUT2D eigenvalue weighted by Crippen LogP contribution is -2.46. The number of benzene rings is 2. The summed E-state index contributed by atoms with van der Waals surface area (Å²) >= 11 is 0. The van der Waals surface area contributed by atoms with E-state index in [9.17, 15) is 22.8 Å². The van der Waals surface area contributed by atoms with Crippen LogP contribution in [-0.2, 0) is 19.6 Å². The highest BCUT2D eigenvalue weighted by Gasteiger charge is 2.15. The van der Waals surface area contributed by atoms with Crippen molar-refractivity contribution in [3.63, 3.8) is 0 Å². The van der Waals surface area contributed by atoms with E-state index in [1.165, 1.54) is 12.1 Å². The van der Waals surface area contributed by atoms with Crippen LogP contribution in [0.1, 0.15) is 22.3 Å². The second kappa shape index (κ2) is 10.3. The number of carbonyl (C=O) groups excluding carboxylic acids is 3. The van der Waals surface area contributed by atoms with Gasteiger partial charge in [0.05, 0.1) is 11.4 Å². The van der Waals surface area contributed by atoms with Crippen LogP contribution in [0.2, 0.25) is 0 Å². The zero-order chi connectivity index (χ0) is 21.3. The molecule has 0 aliphatic rings. The van der Waals surface area contributed by atoms with E-state index in [4.69, 9.17) is 0 Å². The monoisotopic (exact) mass is 418 g/mol. The molecule has 0 aromatic heterocycles. The molecule has 2 rings (SSSR count). The number of hydrogen-bond acceptors (Lipinski definition) is 5. The molecule has 3 amide bonds. The summed E-state index contributed by atoms with van der Waals surface area (Å²) in [4.78, 5) is 35.5. The van der Waals surface area contributed by atoms with E-state index in [0.717, 1.165) is 5.56 Å². The van der Waals surface area contributed by atoms with Gasteiger partial charge in [-0.1, -0.05) is 36.4 Å². The van der Waals surface area contributed by atoms with Gasteiger partial charge < -0.3 is 5.32 Å². The Balaban J connectivity index is 1.68. The Kier molecular flexibility index (Phi) is 7.87. The standard InChI is InChI=1S/C19H22N4O5S/c1-14-7-5-6-10-16(14)19(26)20-12-11-17(24)22-23-18(25)13-21-29(27,28)15-8-3-2-4-9-15/h2-10,21H,11-13H2,1H3,(H,20,26)(H,22,24)(H,23,25). The van der Waals surface area contributed by atoms with E-state index in [0.29, 0.717) is 5.56 Å². The lowest BCUT2D eigenvalue weighted by atomic mass is 10.1. The number of hydrogen-bond donors (Lipinski definition) is 4. The Morgan fingerprint density at radius 2 is 1.48 bits per heavy atom. The van der Waals surface area contributed by atoms with Gasteiger partial charge >= 0.3 is 0 Å². The van der Waals surface area contributed by atoms with Crippen molar-refractivity contribution in [1.29, 1.82) is 0 Å². The van der Waals surface area contributed by atoms with E-state index in [2.05, 4.69) is 20.9 Å². The van der Waals surface area contributed by atoms with Crippen LogP contribution in [-0.4, -0.2) is 39.2 Å². The van der Waals surface area contributed by atoms with Crippen LogP contribution in [0.25, 0.3) is 0 Å². The predicted molar refractivity (Wildman–Crippen MR) is 106 cm³/mol. The normalized spacial score (nSPS) is 10.8. The molecule has 29 heavy (non-hydrogen) atoms. The summed E-state index contributed by atoms with van der Waals surface area (Å²) in [5.74, 6) is -1.56. The highest BCUT2D eigenvalue weighted by molar-refractivity contribution is 7.89. The molecule has 0 saturated carbocycles. The predicted octanol–water partition coefficient (Wildman–Crippen LogP) is 0.241. The third-order valence-corrected chi connectivity index (χ3v) is 5.26. The molecule has 9 nitrogen and oxygen atoms in total. The van der Waals surface area contributed by atoms with Gasteiger partial charge in [-0.2, -0.15) is 0 Å². The average Bonchev–Trinajstić information content (AvgIpc) is 2.71. The van der Waals surface area contributed by atoms with E-state index in [1.807, 2.05) is 19.1 Å². The molecule has 0 bridgehead atoms. The Morgan fingerprint density at radius 1 is 0.862 bits per heavy atom. The van der Waals surface area contributed by atoms with Gasteiger partial charge in [0.2, 0.25) is 15.9 Å². The second-order valence-electron chi connectivity index (χ2n) is 6.05. The van der Waals surface area contributed by atoms with Gasteiger partial charge in [0.25, 0.3) is 11.8 Å². The molecule has 0 aliphatic carbocycles. The van der Waals surface area contributed by atoms with Crippen LogP contribution in [0.3, 0.4) is 0 Å². The minimum absolute atomic E-state index is 0.0289. The van der Waals surface area contributed by atoms with Crippen molar-refractivity contribution < 1.29 is 22.8 Å². The van der Waals surface area contributed by atoms with Gasteiger partial charge in [-0.05, 0) is 30.7 Å². The lowest BCUT2D eigenvalue weighted by molar-refractivity contribution is -0.128. The van der Waals surface area contributed by atoms with Gasteiger partial charge in [-0.25, -0.2) is 13.1 Å². The van der Waals surface area contributed by atoms with Crippen molar-refractivity contribution in [2.45, 2.75) is 18.2 Å². The largest absolute Gasteiger partial charge is 0.352 e. The number of rotatable bonds is 8. The summed E-state index contributed by atoms with van der Waals surface area (Å²) in [7, 11) is -3.82. The van der Waals surface area contributed by atoms with Gasteiger partial charge in [-0.3, -0.25) is 25.2 Å². The van der Waals surface area contributed by atoms with Crippen molar-refractivity contribution >= 4 is 27.7 Å². The van der Waals surface area contributed by atoms with Crippen LogP contribution >= 0.6 is 0 Å². The first kappa shape index (κ1) is 22.1. The molecule has 0 saturated heterocycles. The maximum absolute atomic E-state index is 12.0. The molecular weight excluding hydrogens is 396 g/mol. The Labute approximate surface area is 168 Å². The van der Waals surface area contributed by atoms with Gasteiger partial charge in [0.15, 0.2) is 0 Å². The van der Waals surface area contributed by atoms with E-state index in [-0.39, 0.29) is 23.8 Å². The SMILES string of the molecule is Cc1ccccc1C(=O)NCCC(=O)NNC(=O)CNS(=O)(=O)c1ccccc1. The fraction of sp³-hybridized carbons (Fsp3) is 0.211. The smallest absolute Gasteiger partial charge is 0.253 e. The lowest BCUT2D eigenvalue weighted by Gasteiger charge is -2.10. The number of nitrogens with one attached hydrogen (secondary N) is 4. The summed E-state index contributed by atoms with van der Waals surface area (Å²) in [6.45, 7) is 1.35. The summed E-state index contributed by atoms with van der Waals surface area (Å²) in [6.07, 6.45) is -0.0619. The number of sulfonamides is 1. The first-order valence-electron chi connectivity index (χ1n) is 8.76. The molecule has 0 aliphatic heterocycles. The fourth-order valence-corrected chi connectivity index (χ4v) is 3.31. The first-order chi connectivity index (χ1) is 13.8. The number of aryl methyl sites for hydroxylation is 1. The summed E-state index contributed by atoms with van der Waals surface area (Å²) in [6, 6.07) is 14.6. The number of amides is 3. The number of carbonyl (C=O) groups is 3. The molecule has 4 N–H and O–H groups in total. The summed E-state index contributed by atoms with van der Waals surface area (Å²) in [5.41, 5.74) is 5.61. The Morgan fingerprint density at radius 3 is 2.17 bits per heavy atom. The zero-order valence-corrected chi connectivity index (χ0v) is 16.6. The third kappa shape index (κ3) is 7.01. The molecule has 0 fully saturated rings. The molecule has 154 valence electrons. The van der Waals surface area contributed by atoms with Crippen LogP contribution < -0.4 is 20.9 Å². The van der Waals surface area contributed by atoms with Crippen LogP contribution in [0.5, 0.6) is 0 Å². The summed E-state index contributed by atoms with van der Waals surface area (Å²) in [5, 5.41) is 2.62. The molecule has 0 unspecified atom stereocenters. The van der Waals surface area contributed by atoms with Gasteiger partial charge in [-0.15, -0.1) is 0 Å². The highest BCUT2D eigenvalue weighted by Crippen LogP contribution is 2.07. The van der Waals surface area contributed by atoms with Crippen LogP contribution in [0, 0.1) is 6.92 Å². The minimum Gasteiger partial charge on any atom is -0.352 e. The molecule has 2 aromatic carbocycles. The van der Waals surface area contributed by atoms with Gasteiger partial charge in [0, 0.05) is 18.5 Å². The van der Waals surface area contributed by atoms with Crippen molar-refractivity contribution in [3.8, 4) is 0 Å². The maximum Gasteiger partial charge on any atom is 0.253 e. The van der Waals surface area contributed by atoms with Crippen molar-refractivity contribution in [2.24, 2.45) is 0 Å². The van der Waals surface area contributed by atoms with Crippen molar-refractivity contribution in [3.05, 3.63) is 65.7 Å². The molecule has 0 heterocycles. The quantitative estimate of drug-likeness (QED) is 0.456.